The van der Waals surface area contributed by atoms with Gasteiger partial charge >= 0.3 is 0 Å². The van der Waals surface area contributed by atoms with Crippen LogP contribution in [-0.4, -0.2) is 9.97 Å². The van der Waals surface area contributed by atoms with Crippen LogP contribution in [0, 0.1) is 6.92 Å². The van der Waals surface area contributed by atoms with E-state index in [1.165, 1.54) is 0 Å². The van der Waals surface area contributed by atoms with Crippen molar-refractivity contribution < 1.29 is 0 Å². The van der Waals surface area contributed by atoms with E-state index in [9.17, 15) is 0 Å². The zero-order valence-corrected chi connectivity index (χ0v) is 14.1. The van der Waals surface area contributed by atoms with Gasteiger partial charge in [-0.25, -0.2) is 9.97 Å². The Labute approximate surface area is 135 Å². The summed E-state index contributed by atoms with van der Waals surface area (Å²) in [5, 5.41) is 4.61. The molecule has 0 saturated carbocycles. The van der Waals surface area contributed by atoms with Crippen LogP contribution in [0.1, 0.15) is 49.7 Å². The van der Waals surface area contributed by atoms with Gasteiger partial charge in [-0.1, -0.05) is 49.2 Å². The molecule has 0 spiro atoms. The van der Waals surface area contributed by atoms with Crippen molar-refractivity contribution in [3.05, 3.63) is 51.4 Å². The van der Waals surface area contributed by atoms with Crippen molar-refractivity contribution in [3.8, 4) is 0 Å². The monoisotopic (exact) mass is 323 g/mol. The summed E-state index contributed by atoms with van der Waals surface area (Å²) in [6.45, 7) is 8.08. The molecule has 112 valence electrons. The molecule has 0 saturated heterocycles. The van der Waals surface area contributed by atoms with Crippen LogP contribution < -0.4 is 5.32 Å². The predicted octanol–water partition coefficient (Wildman–Crippen LogP) is 5.39. The van der Waals surface area contributed by atoms with E-state index < -0.39 is 0 Å². The Morgan fingerprint density at radius 3 is 2.43 bits per heavy atom. The molecule has 2 rings (SSSR count). The highest BCUT2D eigenvalue weighted by Gasteiger charge is 2.14. The van der Waals surface area contributed by atoms with Crippen molar-refractivity contribution in [1.29, 1.82) is 0 Å². The summed E-state index contributed by atoms with van der Waals surface area (Å²) in [7, 11) is 0. The normalized spacial score (nSPS) is 12.5. The number of aromatic nitrogens is 2. The Bertz CT molecular complexity index is 641. The Hall–Kier alpha value is -1.32. The van der Waals surface area contributed by atoms with Crippen molar-refractivity contribution in [2.75, 3.05) is 5.32 Å². The average Bonchev–Trinajstić information content (AvgIpc) is 2.43. The van der Waals surface area contributed by atoms with E-state index in [0.29, 0.717) is 5.15 Å². The second kappa shape index (κ2) is 6.63. The molecule has 5 heteroatoms. The number of halogens is 2. The number of nitrogens with one attached hydrogen (secondary N) is 1. The molecule has 1 heterocycles. The van der Waals surface area contributed by atoms with Crippen LogP contribution in [0.15, 0.2) is 24.3 Å². The molecule has 0 aliphatic carbocycles. The molecule has 1 aromatic heterocycles. The van der Waals surface area contributed by atoms with Crippen LogP contribution in [0.25, 0.3) is 0 Å². The number of rotatable bonds is 4. The molecular weight excluding hydrogens is 305 g/mol. The number of benzene rings is 1. The lowest BCUT2D eigenvalue weighted by Crippen LogP contribution is -2.12. The van der Waals surface area contributed by atoms with Gasteiger partial charge in [0.05, 0.1) is 6.04 Å². The summed E-state index contributed by atoms with van der Waals surface area (Å²) in [6, 6.07) is 7.86. The summed E-state index contributed by atoms with van der Waals surface area (Å²) in [5.74, 6) is 1.74. The summed E-state index contributed by atoms with van der Waals surface area (Å²) in [5.41, 5.74) is 1.96. The maximum atomic E-state index is 6.21. The Morgan fingerprint density at radius 2 is 1.81 bits per heavy atom. The third-order valence-corrected chi connectivity index (χ3v) is 3.93. The number of nitrogens with zero attached hydrogens (tertiary/aromatic N) is 2. The van der Waals surface area contributed by atoms with Gasteiger partial charge in [0.2, 0.25) is 0 Å². The van der Waals surface area contributed by atoms with E-state index in [4.69, 9.17) is 23.2 Å². The summed E-state index contributed by atoms with van der Waals surface area (Å²) in [4.78, 5) is 8.90. The molecule has 3 nitrogen and oxygen atoms in total. The molecule has 0 amide bonds. The molecule has 0 aliphatic heterocycles. The van der Waals surface area contributed by atoms with Crippen LogP contribution in [0.3, 0.4) is 0 Å². The van der Waals surface area contributed by atoms with Crippen LogP contribution in [0.2, 0.25) is 10.2 Å². The van der Waals surface area contributed by atoms with E-state index in [2.05, 4.69) is 22.2 Å². The molecule has 21 heavy (non-hydrogen) atoms. The first-order chi connectivity index (χ1) is 9.88. The van der Waals surface area contributed by atoms with Crippen molar-refractivity contribution in [2.24, 2.45) is 0 Å². The fourth-order valence-electron chi connectivity index (χ4n) is 1.97. The molecule has 1 atom stereocenters. The minimum atomic E-state index is 0.0772. The minimum Gasteiger partial charge on any atom is -0.363 e. The minimum absolute atomic E-state index is 0.0772. The molecule has 0 fully saturated rings. The van der Waals surface area contributed by atoms with E-state index in [1.807, 2.05) is 45.0 Å². The van der Waals surface area contributed by atoms with Gasteiger partial charge < -0.3 is 5.32 Å². The number of hydrogen-bond donors (Lipinski definition) is 1. The highest BCUT2D eigenvalue weighted by atomic mass is 35.5. The van der Waals surface area contributed by atoms with Gasteiger partial charge in [0.1, 0.15) is 16.8 Å². The van der Waals surface area contributed by atoms with Gasteiger partial charge in [-0.15, -0.1) is 0 Å². The van der Waals surface area contributed by atoms with Gasteiger partial charge in [0.15, 0.2) is 0 Å². The maximum absolute atomic E-state index is 6.21. The highest BCUT2D eigenvalue weighted by molar-refractivity contribution is 6.30. The van der Waals surface area contributed by atoms with Crippen LogP contribution in [-0.2, 0) is 0 Å². The van der Waals surface area contributed by atoms with Crippen molar-refractivity contribution in [1.82, 2.24) is 9.97 Å². The lowest BCUT2D eigenvalue weighted by atomic mass is 10.1. The number of anilines is 1. The zero-order chi connectivity index (χ0) is 15.6. The van der Waals surface area contributed by atoms with Gasteiger partial charge in [-0.05, 0) is 31.5 Å². The Balaban J connectivity index is 2.30. The smallest absolute Gasteiger partial charge is 0.137 e. The Kier molecular flexibility index (Phi) is 5.07. The van der Waals surface area contributed by atoms with Crippen molar-refractivity contribution >= 4 is 29.0 Å². The second-order valence-corrected chi connectivity index (χ2v) is 6.22. The molecule has 2 aromatic rings. The van der Waals surface area contributed by atoms with E-state index in [1.54, 1.807) is 0 Å². The SMILES string of the molecule is Cc1c(Cl)nc(C(C)C)nc1NC(C)c1cccc(Cl)c1. The third-order valence-electron chi connectivity index (χ3n) is 3.32. The first-order valence-electron chi connectivity index (χ1n) is 6.94. The fourth-order valence-corrected chi connectivity index (χ4v) is 2.34. The van der Waals surface area contributed by atoms with Crippen LogP contribution >= 0.6 is 23.2 Å². The predicted molar refractivity (Wildman–Crippen MR) is 89.4 cm³/mol. The Morgan fingerprint density at radius 1 is 1.10 bits per heavy atom. The highest BCUT2D eigenvalue weighted by Crippen LogP contribution is 2.27. The molecule has 1 aromatic carbocycles. The fraction of sp³-hybridized carbons (Fsp3) is 0.375. The second-order valence-electron chi connectivity index (χ2n) is 5.42. The first kappa shape index (κ1) is 16.1. The summed E-state index contributed by atoms with van der Waals surface area (Å²) in [6.07, 6.45) is 0. The number of hydrogen-bond acceptors (Lipinski definition) is 3. The molecular formula is C16H19Cl2N3. The van der Waals surface area contributed by atoms with Crippen molar-refractivity contribution in [3.63, 3.8) is 0 Å². The molecule has 0 bridgehead atoms. The molecule has 0 aliphatic rings. The standard InChI is InChI=1S/C16H19Cl2N3/c1-9(2)15-20-14(18)10(3)16(21-15)19-11(4)12-6-5-7-13(17)8-12/h5-9,11H,1-4H3,(H,19,20,21). The largest absolute Gasteiger partial charge is 0.363 e. The maximum Gasteiger partial charge on any atom is 0.137 e. The van der Waals surface area contributed by atoms with Crippen LogP contribution in [0.4, 0.5) is 5.82 Å². The van der Waals surface area contributed by atoms with Crippen molar-refractivity contribution in [2.45, 2.75) is 39.7 Å². The summed E-state index contributed by atoms with van der Waals surface area (Å²) >= 11 is 12.2. The zero-order valence-electron chi connectivity index (χ0n) is 12.6. The lowest BCUT2D eigenvalue weighted by Gasteiger charge is -2.18. The van der Waals surface area contributed by atoms with Crippen LogP contribution in [0.5, 0.6) is 0 Å². The molecule has 0 radical (unpaired) electrons. The average molecular weight is 324 g/mol. The van der Waals surface area contributed by atoms with E-state index in [-0.39, 0.29) is 12.0 Å². The van der Waals surface area contributed by atoms with E-state index in [0.717, 1.165) is 27.8 Å². The van der Waals surface area contributed by atoms with Gasteiger partial charge in [-0.3, -0.25) is 0 Å². The lowest BCUT2D eigenvalue weighted by molar-refractivity contribution is 0.765. The third kappa shape index (κ3) is 3.86. The van der Waals surface area contributed by atoms with E-state index >= 15 is 0 Å². The molecule has 1 N–H and O–H groups in total. The summed E-state index contributed by atoms with van der Waals surface area (Å²) < 4.78 is 0. The first-order valence-corrected chi connectivity index (χ1v) is 7.70. The quantitative estimate of drug-likeness (QED) is 0.766. The van der Waals surface area contributed by atoms with Gasteiger partial charge in [0, 0.05) is 16.5 Å². The topological polar surface area (TPSA) is 37.8 Å². The van der Waals surface area contributed by atoms with Gasteiger partial charge in [0.25, 0.3) is 0 Å². The molecule has 1 unspecified atom stereocenters. The van der Waals surface area contributed by atoms with Gasteiger partial charge in [-0.2, -0.15) is 0 Å².